The molecule has 1 amide bonds. The number of amides is 1. The van der Waals surface area contributed by atoms with Gasteiger partial charge in [0.25, 0.3) is 0 Å². The molecule has 1 fully saturated rings. The number of thioether (sulfide) groups is 1. The second-order valence-electron chi connectivity index (χ2n) is 6.51. The third-order valence-corrected chi connectivity index (χ3v) is 5.53. The summed E-state index contributed by atoms with van der Waals surface area (Å²) in [7, 11) is 0. The summed E-state index contributed by atoms with van der Waals surface area (Å²) in [6.45, 7) is 9.05. The minimum atomic E-state index is -0.307. The van der Waals surface area contributed by atoms with E-state index in [0.717, 1.165) is 30.7 Å². The van der Waals surface area contributed by atoms with Crippen LogP contribution >= 0.6 is 11.8 Å². The number of hydrogen-bond donors (Lipinski definition) is 1. The molecule has 1 aliphatic rings. The maximum absolute atomic E-state index is 12.8. The second kappa shape index (κ2) is 9.20. The number of nitrogens with zero attached hydrogens (tertiary/aromatic N) is 4. The number of carbonyl (C=O) groups is 2. The van der Waals surface area contributed by atoms with Crippen LogP contribution in [0.5, 0.6) is 0 Å². The molecule has 150 valence electrons. The van der Waals surface area contributed by atoms with E-state index in [1.807, 2.05) is 18.4 Å². The first kappa shape index (κ1) is 20.3. The third-order valence-electron chi connectivity index (χ3n) is 4.45. The summed E-state index contributed by atoms with van der Waals surface area (Å²) < 4.78 is 7.45. The van der Waals surface area contributed by atoms with Crippen LogP contribution in [0, 0.1) is 0 Å². The van der Waals surface area contributed by atoms with E-state index in [-0.39, 0.29) is 16.9 Å². The Hall–Kier alpha value is -2.39. The Morgan fingerprint density at radius 2 is 1.89 bits per heavy atom. The summed E-state index contributed by atoms with van der Waals surface area (Å²) in [6.07, 6.45) is 0. The van der Waals surface area contributed by atoms with Crippen LogP contribution in [0.15, 0.2) is 29.4 Å². The molecule has 28 heavy (non-hydrogen) atoms. The van der Waals surface area contributed by atoms with Gasteiger partial charge in [0.05, 0.1) is 18.5 Å². The molecule has 0 radical (unpaired) electrons. The molecule has 1 aromatic carbocycles. The molecule has 9 heteroatoms. The number of hydrogen-bond acceptors (Lipinski definition) is 7. The van der Waals surface area contributed by atoms with E-state index in [1.54, 1.807) is 24.3 Å². The molecule has 3 rings (SSSR count). The predicted octanol–water partition coefficient (Wildman–Crippen LogP) is 2.46. The summed E-state index contributed by atoms with van der Waals surface area (Å²) in [5.41, 5.74) is 1.27. The van der Waals surface area contributed by atoms with E-state index in [4.69, 9.17) is 4.74 Å². The van der Waals surface area contributed by atoms with Gasteiger partial charge in [-0.15, -0.1) is 10.2 Å². The molecule has 0 bridgehead atoms. The number of Topliss-reactive ketones (excluding diaryl/α,β-unsaturated/α-hetero) is 1. The van der Waals surface area contributed by atoms with Crippen LogP contribution in [0.25, 0.3) is 0 Å². The Labute approximate surface area is 168 Å². The van der Waals surface area contributed by atoms with E-state index < -0.39 is 0 Å². The first-order valence-corrected chi connectivity index (χ1v) is 10.2. The van der Waals surface area contributed by atoms with Gasteiger partial charge in [-0.05, 0) is 38.1 Å². The van der Waals surface area contributed by atoms with E-state index in [9.17, 15) is 9.59 Å². The molecule has 0 aliphatic carbocycles. The Morgan fingerprint density at radius 1 is 1.21 bits per heavy atom. The quantitative estimate of drug-likeness (QED) is 0.561. The monoisotopic (exact) mass is 403 g/mol. The predicted molar refractivity (Wildman–Crippen MR) is 109 cm³/mol. The van der Waals surface area contributed by atoms with Crippen LogP contribution in [0.1, 0.15) is 31.1 Å². The number of rotatable bonds is 7. The van der Waals surface area contributed by atoms with Gasteiger partial charge >= 0.3 is 0 Å². The molecule has 1 aromatic heterocycles. The van der Waals surface area contributed by atoms with Crippen molar-refractivity contribution in [2.24, 2.45) is 0 Å². The molecule has 1 saturated heterocycles. The molecule has 0 saturated carbocycles. The van der Waals surface area contributed by atoms with Crippen molar-refractivity contribution in [3.8, 4) is 0 Å². The molecular weight excluding hydrogens is 378 g/mol. The zero-order valence-corrected chi connectivity index (χ0v) is 17.2. The molecule has 1 atom stereocenters. The van der Waals surface area contributed by atoms with Gasteiger partial charge in [-0.3, -0.25) is 14.2 Å². The summed E-state index contributed by atoms with van der Waals surface area (Å²) in [4.78, 5) is 26.1. The SMILES string of the molecule is CCn1c(S[C@@H](C)C(=O)c2ccc(NC(C)=O)cc2)nnc1N1CCOCC1. The smallest absolute Gasteiger partial charge is 0.228 e. The number of anilines is 2. The van der Waals surface area contributed by atoms with Crippen LogP contribution in [-0.2, 0) is 16.1 Å². The van der Waals surface area contributed by atoms with Crippen LogP contribution in [0.4, 0.5) is 11.6 Å². The zero-order chi connectivity index (χ0) is 20.1. The van der Waals surface area contributed by atoms with Gasteiger partial charge in [0.2, 0.25) is 11.9 Å². The van der Waals surface area contributed by atoms with E-state index >= 15 is 0 Å². The highest BCUT2D eigenvalue weighted by atomic mass is 32.2. The molecular formula is C19H25N5O3S. The van der Waals surface area contributed by atoms with Crippen molar-refractivity contribution in [3.05, 3.63) is 29.8 Å². The fourth-order valence-corrected chi connectivity index (χ4v) is 3.99. The van der Waals surface area contributed by atoms with Crippen molar-refractivity contribution in [3.63, 3.8) is 0 Å². The number of ketones is 1. The molecule has 0 unspecified atom stereocenters. The van der Waals surface area contributed by atoms with Crippen molar-refractivity contribution in [2.75, 3.05) is 36.5 Å². The number of nitrogens with one attached hydrogen (secondary N) is 1. The van der Waals surface area contributed by atoms with E-state index in [2.05, 4.69) is 20.4 Å². The summed E-state index contributed by atoms with van der Waals surface area (Å²) >= 11 is 1.41. The molecule has 1 aliphatic heterocycles. The normalized spacial score (nSPS) is 15.3. The van der Waals surface area contributed by atoms with Gasteiger partial charge in [0, 0.05) is 37.8 Å². The standard InChI is InChI=1S/C19H25N5O3S/c1-4-24-18(23-9-11-27-12-10-23)21-22-19(24)28-13(2)17(26)15-5-7-16(8-6-15)20-14(3)25/h5-8,13H,4,9-12H2,1-3H3,(H,20,25)/t13-/m0/s1. The van der Waals surface area contributed by atoms with Crippen molar-refractivity contribution in [1.29, 1.82) is 0 Å². The lowest BCUT2D eigenvalue weighted by molar-refractivity contribution is -0.114. The van der Waals surface area contributed by atoms with E-state index in [0.29, 0.717) is 24.5 Å². The summed E-state index contributed by atoms with van der Waals surface area (Å²) in [6, 6.07) is 6.93. The highest BCUT2D eigenvalue weighted by molar-refractivity contribution is 8.00. The highest BCUT2D eigenvalue weighted by Crippen LogP contribution is 2.28. The Balaban J connectivity index is 1.70. The maximum atomic E-state index is 12.8. The third kappa shape index (κ3) is 4.71. The van der Waals surface area contributed by atoms with Crippen molar-refractivity contribution in [2.45, 2.75) is 37.7 Å². The van der Waals surface area contributed by atoms with Gasteiger partial charge in [0.1, 0.15) is 0 Å². The number of ether oxygens (including phenoxy) is 1. The molecule has 1 N–H and O–H groups in total. The number of aromatic nitrogens is 3. The average molecular weight is 404 g/mol. The topological polar surface area (TPSA) is 89.3 Å². The van der Waals surface area contributed by atoms with Crippen LogP contribution in [0.2, 0.25) is 0 Å². The van der Waals surface area contributed by atoms with Crippen LogP contribution in [0.3, 0.4) is 0 Å². The van der Waals surface area contributed by atoms with Crippen molar-refractivity contribution < 1.29 is 14.3 Å². The molecule has 8 nitrogen and oxygen atoms in total. The lowest BCUT2D eigenvalue weighted by Crippen LogP contribution is -2.38. The highest BCUT2D eigenvalue weighted by Gasteiger charge is 2.23. The fraction of sp³-hybridized carbons (Fsp3) is 0.474. The minimum absolute atomic E-state index is 0.0120. The summed E-state index contributed by atoms with van der Waals surface area (Å²) in [5, 5.41) is 11.8. The fourth-order valence-electron chi connectivity index (χ4n) is 3.01. The maximum Gasteiger partial charge on any atom is 0.228 e. The van der Waals surface area contributed by atoms with Crippen LogP contribution in [-0.4, -0.2) is 58.0 Å². The van der Waals surface area contributed by atoms with Crippen molar-refractivity contribution >= 4 is 35.1 Å². The van der Waals surface area contributed by atoms with Gasteiger partial charge in [-0.2, -0.15) is 0 Å². The van der Waals surface area contributed by atoms with E-state index in [1.165, 1.54) is 18.7 Å². The van der Waals surface area contributed by atoms with Gasteiger partial charge < -0.3 is 15.0 Å². The molecule has 2 aromatic rings. The second-order valence-corrected chi connectivity index (χ2v) is 7.82. The van der Waals surface area contributed by atoms with Gasteiger partial charge in [-0.1, -0.05) is 11.8 Å². The zero-order valence-electron chi connectivity index (χ0n) is 16.3. The lowest BCUT2D eigenvalue weighted by Gasteiger charge is -2.27. The van der Waals surface area contributed by atoms with Gasteiger partial charge in [0.15, 0.2) is 10.9 Å². The minimum Gasteiger partial charge on any atom is -0.378 e. The summed E-state index contributed by atoms with van der Waals surface area (Å²) in [5.74, 6) is 0.698. The lowest BCUT2D eigenvalue weighted by atomic mass is 10.1. The Bertz CT molecular complexity index is 831. The van der Waals surface area contributed by atoms with Crippen LogP contribution < -0.4 is 10.2 Å². The first-order chi connectivity index (χ1) is 13.5. The average Bonchev–Trinajstić information content (AvgIpc) is 3.10. The molecule has 0 spiro atoms. The first-order valence-electron chi connectivity index (χ1n) is 9.34. The molecule has 2 heterocycles. The number of carbonyl (C=O) groups excluding carboxylic acids is 2. The van der Waals surface area contributed by atoms with Gasteiger partial charge in [-0.25, -0.2) is 0 Å². The Kier molecular flexibility index (Phi) is 6.69. The van der Waals surface area contributed by atoms with Crippen molar-refractivity contribution in [1.82, 2.24) is 14.8 Å². The number of benzene rings is 1. The number of morpholine rings is 1. The Morgan fingerprint density at radius 3 is 2.50 bits per heavy atom. The largest absolute Gasteiger partial charge is 0.378 e.